The van der Waals surface area contributed by atoms with Gasteiger partial charge in [0, 0.05) is 19.1 Å². The van der Waals surface area contributed by atoms with E-state index < -0.39 is 0 Å². The second-order valence-corrected chi connectivity index (χ2v) is 5.48. The average Bonchev–Trinajstić information content (AvgIpc) is 2.46. The normalized spacial score (nSPS) is 19.1. The summed E-state index contributed by atoms with van der Waals surface area (Å²) in [5.41, 5.74) is 6.36. The van der Waals surface area contributed by atoms with Crippen molar-refractivity contribution >= 4 is 11.6 Å². The molecule has 1 saturated heterocycles. The lowest BCUT2D eigenvalue weighted by Gasteiger charge is -2.22. The van der Waals surface area contributed by atoms with Gasteiger partial charge in [0.05, 0.1) is 18.5 Å². The first-order valence-corrected chi connectivity index (χ1v) is 7.06. The highest BCUT2D eigenvalue weighted by atomic mass is 16.5. The van der Waals surface area contributed by atoms with Crippen LogP contribution in [0.2, 0.25) is 0 Å². The Hall–Kier alpha value is -1.69. The molecule has 2 heterocycles. The fourth-order valence-corrected chi connectivity index (χ4v) is 2.15. The van der Waals surface area contributed by atoms with Crippen LogP contribution in [0.4, 0.5) is 5.69 Å². The third kappa shape index (κ3) is 3.66. The predicted octanol–water partition coefficient (Wildman–Crippen LogP) is 1.34. The number of hydrogen-bond donors (Lipinski definition) is 2. The summed E-state index contributed by atoms with van der Waals surface area (Å²) in [6.07, 6.45) is 3.63. The number of anilines is 1. The Morgan fingerprint density at radius 3 is 3.05 bits per heavy atom. The molecule has 3 N–H and O–H groups in total. The van der Waals surface area contributed by atoms with Crippen molar-refractivity contribution in [3.63, 3.8) is 0 Å². The van der Waals surface area contributed by atoms with E-state index in [4.69, 9.17) is 10.5 Å². The molecule has 0 spiro atoms. The van der Waals surface area contributed by atoms with Crippen LogP contribution >= 0.6 is 0 Å². The summed E-state index contributed by atoms with van der Waals surface area (Å²) in [5.74, 6) is 0.928. The van der Waals surface area contributed by atoms with E-state index in [0.29, 0.717) is 30.6 Å². The van der Waals surface area contributed by atoms with E-state index in [1.165, 1.54) is 6.20 Å². The van der Waals surface area contributed by atoms with Crippen LogP contribution in [0.5, 0.6) is 0 Å². The van der Waals surface area contributed by atoms with Crippen molar-refractivity contribution < 1.29 is 9.53 Å². The Labute approximate surface area is 119 Å². The smallest absolute Gasteiger partial charge is 0.272 e. The topological polar surface area (TPSA) is 90.1 Å². The summed E-state index contributed by atoms with van der Waals surface area (Å²) in [4.78, 5) is 20.6. The summed E-state index contributed by atoms with van der Waals surface area (Å²) in [5, 5.41) is 2.89. The Morgan fingerprint density at radius 1 is 1.60 bits per heavy atom. The number of ether oxygens (including phenoxy) is 1. The fourth-order valence-electron chi connectivity index (χ4n) is 2.15. The molecule has 1 aromatic rings. The third-order valence-corrected chi connectivity index (χ3v) is 3.37. The summed E-state index contributed by atoms with van der Waals surface area (Å²) in [6, 6.07) is 0. The van der Waals surface area contributed by atoms with Crippen molar-refractivity contribution in [2.24, 2.45) is 5.92 Å². The van der Waals surface area contributed by atoms with Crippen LogP contribution in [0.3, 0.4) is 0 Å². The number of carbonyl (C=O) groups is 1. The van der Waals surface area contributed by atoms with E-state index in [2.05, 4.69) is 15.3 Å². The van der Waals surface area contributed by atoms with Crippen molar-refractivity contribution in [1.29, 1.82) is 0 Å². The highest BCUT2D eigenvalue weighted by Crippen LogP contribution is 2.15. The van der Waals surface area contributed by atoms with Gasteiger partial charge >= 0.3 is 0 Å². The van der Waals surface area contributed by atoms with Gasteiger partial charge in [-0.15, -0.1) is 0 Å². The minimum absolute atomic E-state index is 0.161. The van der Waals surface area contributed by atoms with Crippen molar-refractivity contribution in [1.82, 2.24) is 15.3 Å². The quantitative estimate of drug-likeness (QED) is 0.867. The lowest BCUT2D eigenvalue weighted by molar-refractivity contribution is 0.0536. The molecule has 1 amide bonds. The minimum Gasteiger partial charge on any atom is -0.396 e. The largest absolute Gasteiger partial charge is 0.396 e. The van der Waals surface area contributed by atoms with Gasteiger partial charge in [-0.25, -0.2) is 9.97 Å². The number of amides is 1. The molecule has 6 nitrogen and oxygen atoms in total. The summed E-state index contributed by atoms with van der Waals surface area (Å²) in [7, 11) is 0. The summed E-state index contributed by atoms with van der Waals surface area (Å²) < 4.78 is 5.39. The van der Waals surface area contributed by atoms with E-state index in [0.717, 1.165) is 19.4 Å². The molecule has 0 radical (unpaired) electrons. The van der Waals surface area contributed by atoms with Gasteiger partial charge < -0.3 is 15.8 Å². The van der Waals surface area contributed by atoms with Crippen LogP contribution in [0.25, 0.3) is 0 Å². The maximum absolute atomic E-state index is 12.2. The van der Waals surface area contributed by atoms with Crippen molar-refractivity contribution in [3.05, 3.63) is 17.7 Å². The Bertz CT molecular complexity index is 470. The maximum atomic E-state index is 12.2. The van der Waals surface area contributed by atoms with E-state index in [1.807, 2.05) is 13.8 Å². The molecule has 1 unspecified atom stereocenters. The number of nitrogens with zero attached hydrogens (tertiary/aromatic N) is 2. The fraction of sp³-hybridized carbons (Fsp3) is 0.643. The number of rotatable bonds is 4. The van der Waals surface area contributed by atoms with E-state index in [9.17, 15) is 4.79 Å². The number of nitrogens with two attached hydrogens (primary N) is 1. The number of aromatic nitrogens is 2. The van der Waals surface area contributed by atoms with Gasteiger partial charge in [0.2, 0.25) is 0 Å². The zero-order valence-corrected chi connectivity index (χ0v) is 12.1. The van der Waals surface area contributed by atoms with Crippen molar-refractivity contribution in [2.75, 3.05) is 25.5 Å². The molecular formula is C14H22N4O2. The molecule has 2 rings (SSSR count). The first-order chi connectivity index (χ1) is 9.58. The number of nitrogen functional groups attached to an aromatic ring is 1. The van der Waals surface area contributed by atoms with Crippen LogP contribution in [-0.4, -0.2) is 35.6 Å². The van der Waals surface area contributed by atoms with E-state index >= 15 is 0 Å². The molecule has 0 bridgehead atoms. The van der Waals surface area contributed by atoms with Crippen molar-refractivity contribution in [3.8, 4) is 0 Å². The monoisotopic (exact) mass is 278 g/mol. The first kappa shape index (κ1) is 14.7. The van der Waals surface area contributed by atoms with Gasteiger partial charge in [-0.3, -0.25) is 4.79 Å². The van der Waals surface area contributed by atoms with Crippen LogP contribution in [0.15, 0.2) is 6.20 Å². The Morgan fingerprint density at radius 2 is 2.40 bits per heavy atom. The van der Waals surface area contributed by atoms with Crippen molar-refractivity contribution in [2.45, 2.75) is 32.6 Å². The van der Waals surface area contributed by atoms with Crippen LogP contribution in [-0.2, 0) is 4.74 Å². The van der Waals surface area contributed by atoms with Gasteiger partial charge in [-0.05, 0) is 18.8 Å². The van der Waals surface area contributed by atoms with Gasteiger partial charge in [0.15, 0.2) is 5.69 Å². The van der Waals surface area contributed by atoms with E-state index in [-0.39, 0.29) is 17.5 Å². The van der Waals surface area contributed by atoms with Crippen LogP contribution < -0.4 is 11.1 Å². The zero-order valence-electron chi connectivity index (χ0n) is 12.1. The molecule has 6 heteroatoms. The molecule has 0 aliphatic carbocycles. The summed E-state index contributed by atoms with van der Waals surface area (Å²) >= 11 is 0. The Kier molecular flexibility index (Phi) is 4.89. The van der Waals surface area contributed by atoms with E-state index in [1.54, 1.807) is 0 Å². The highest BCUT2D eigenvalue weighted by Gasteiger charge is 2.18. The Balaban J connectivity index is 1.99. The predicted molar refractivity (Wildman–Crippen MR) is 76.4 cm³/mol. The van der Waals surface area contributed by atoms with Gasteiger partial charge in [-0.1, -0.05) is 13.8 Å². The third-order valence-electron chi connectivity index (χ3n) is 3.37. The second kappa shape index (κ2) is 6.65. The lowest BCUT2D eigenvalue weighted by atomic mass is 10.0. The van der Waals surface area contributed by atoms with Gasteiger partial charge in [-0.2, -0.15) is 0 Å². The average molecular weight is 278 g/mol. The molecule has 1 aromatic heterocycles. The molecule has 0 aromatic carbocycles. The SMILES string of the molecule is CC(C)c1ncc(N)c(C(=O)NCC2CCCOC2)n1. The van der Waals surface area contributed by atoms with Gasteiger partial charge in [0.1, 0.15) is 5.82 Å². The lowest BCUT2D eigenvalue weighted by Crippen LogP contribution is -2.34. The minimum atomic E-state index is -0.239. The molecule has 110 valence electrons. The second-order valence-electron chi connectivity index (χ2n) is 5.48. The molecule has 0 saturated carbocycles. The maximum Gasteiger partial charge on any atom is 0.272 e. The molecule has 1 aliphatic rings. The standard InChI is InChI=1S/C14H22N4O2/c1-9(2)13-16-7-11(15)12(18-13)14(19)17-6-10-4-3-5-20-8-10/h7,9-10H,3-6,8,15H2,1-2H3,(H,17,19). The van der Waals surface area contributed by atoms with Crippen LogP contribution in [0, 0.1) is 5.92 Å². The molecule has 1 aliphatic heterocycles. The molecule has 1 fully saturated rings. The number of carbonyl (C=O) groups excluding carboxylic acids is 1. The van der Waals surface area contributed by atoms with Gasteiger partial charge in [0.25, 0.3) is 5.91 Å². The number of hydrogen-bond acceptors (Lipinski definition) is 5. The highest BCUT2D eigenvalue weighted by molar-refractivity contribution is 5.96. The molecule has 1 atom stereocenters. The summed E-state index contributed by atoms with van der Waals surface area (Å²) in [6.45, 7) is 6.08. The van der Waals surface area contributed by atoms with Crippen LogP contribution in [0.1, 0.15) is 48.9 Å². The number of nitrogens with one attached hydrogen (secondary N) is 1. The zero-order chi connectivity index (χ0) is 14.5. The molecule has 20 heavy (non-hydrogen) atoms. The molecular weight excluding hydrogens is 256 g/mol. The first-order valence-electron chi connectivity index (χ1n) is 7.06.